The zero-order valence-electron chi connectivity index (χ0n) is 10.2. The first-order valence-corrected chi connectivity index (χ1v) is 5.41. The van der Waals surface area contributed by atoms with Gasteiger partial charge in [0, 0.05) is 32.1 Å². The Kier molecular flexibility index (Phi) is 3.22. The molecule has 0 bridgehead atoms. The smallest absolute Gasteiger partial charge is 0.134 e. The second kappa shape index (κ2) is 4.82. The van der Waals surface area contributed by atoms with E-state index < -0.39 is 0 Å². The standard InChI is InChI=1S/C11H16N6/c1-8-10(12-2)15-7-16-11(8)14-6-9-13-4-5-17(9)3/h4-5,7H,6H2,1-3H3,(H2,12,14,15,16). The summed E-state index contributed by atoms with van der Waals surface area (Å²) in [5, 5.41) is 6.28. The summed E-state index contributed by atoms with van der Waals surface area (Å²) >= 11 is 0. The van der Waals surface area contributed by atoms with Crippen molar-refractivity contribution in [1.29, 1.82) is 0 Å². The number of hydrogen-bond acceptors (Lipinski definition) is 5. The zero-order chi connectivity index (χ0) is 12.3. The van der Waals surface area contributed by atoms with Crippen LogP contribution in [0.3, 0.4) is 0 Å². The molecule has 0 atom stereocenters. The molecule has 0 aliphatic heterocycles. The Morgan fingerprint density at radius 1 is 1.24 bits per heavy atom. The summed E-state index contributed by atoms with van der Waals surface area (Å²) in [6.45, 7) is 2.62. The Labute approximate surface area is 100 Å². The Bertz CT molecular complexity index is 504. The lowest BCUT2D eigenvalue weighted by atomic mass is 10.3. The number of nitrogens with zero attached hydrogens (tertiary/aromatic N) is 4. The normalized spacial score (nSPS) is 10.3. The SMILES string of the molecule is CNc1ncnc(NCc2nccn2C)c1C. The second-order valence-electron chi connectivity index (χ2n) is 3.75. The van der Waals surface area contributed by atoms with Gasteiger partial charge in [-0.05, 0) is 6.92 Å². The number of imidazole rings is 1. The summed E-state index contributed by atoms with van der Waals surface area (Å²) in [6.07, 6.45) is 5.24. The fourth-order valence-corrected chi connectivity index (χ4v) is 1.61. The number of anilines is 2. The second-order valence-corrected chi connectivity index (χ2v) is 3.75. The molecule has 2 aromatic heterocycles. The Hall–Kier alpha value is -2.11. The molecule has 0 saturated carbocycles. The van der Waals surface area contributed by atoms with Gasteiger partial charge in [0.05, 0.1) is 6.54 Å². The minimum Gasteiger partial charge on any atom is -0.373 e. The van der Waals surface area contributed by atoms with Crippen LogP contribution in [0.5, 0.6) is 0 Å². The number of aromatic nitrogens is 4. The van der Waals surface area contributed by atoms with E-state index >= 15 is 0 Å². The summed E-state index contributed by atoms with van der Waals surface area (Å²) in [5.41, 5.74) is 1.00. The van der Waals surface area contributed by atoms with Crippen molar-refractivity contribution in [2.45, 2.75) is 13.5 Å². The highest BCUT2D eigenvalue weighted by molar-refractivity contribution is 5.55. The fourth-order valence-electron chi connectivity index (χ4n) is 1.61. The molecule has 2 rings (SSSR count). The molecule has 2 heterocycles. The zero-order valence-corrected chi connectivity index (χ0v) is 10.2. The van der Waals surface area contributed by atoms with Gasteiger partial charge >= 0.3 is 0 Å². The van der Waals surface area contributed by atoms with E-state index in [1.807, 2.05) is 31.8 Å². The molecule has 90 valence electrons. The highest BCUT2D eigenvalue weighted by atomic mass is 15.1. The van der Waals surface area contributed by atoms with Gasteiger partial charge in [0.1, 0.15) is 23.8 Å². The van der Waals surface area contributed by atoms with E-state index in [1.54, 1.807) is 12.5 Å². The largest absolute Gasteiger partial charge is 0.373 e. The number of hydrogen-bond donors (Lipinski definition) is 2. The van der Waals surface area contributed by atoms with Gasteiger partial charge in [0.2, 0.25) is 0 Å². The third kappa shape index (κ3) is 2.35. The molecule has 0 unspecified atom stereocenters. The van der Waals surface area contributed by atoms with Gasteiger partial charge in [0.25, 0.3) is 0 Å². The quantitative estimate of drug-likeness (QED) is 0.828. The van der Waals surface area contributed by atoms with Crippen molar-refractivity contribution in [2.75, 3.05) is 17.7 Å². The average molecular weight is 232 g/mol. The van der Waals surface area contributed by atoms with Crippen LogP contribution in [-0.2, 0) is 13.6 Å². The van der Waals surface area contributed by atoms with E-state index in [0.717, 1.165) is 23.0 Å². The van der Waals surface area contributed by atoms with Gasteiger partial charge < -0.3 is 15.2 Å². The van der Waals surface area contributed by atoms with Crippen LogP contribution in [0.25, 0.3) is 0 Å². The molecule has 6 nitrogen and oxygen atoms in total. The van der Waals surface area contributed by atoms with Crippen LogP contribution in [0, 0.1) is 6.92 Å². The van der Waals surface area contributed by atoms with Crippen LogP contribution in [-0.4, -0.2) is 26.6 Å². The van der Waals surface area contributed by atoms with Crippen LogP contribution < -0.4 is 10.6 Å². The van der Waals surface area contributed by atoms with Crippen molar-refractivity contribution in [3.05, 3.63) is 30.1 Å². The highest BCUT2D eigenvalue weighted by Crippen LogP contribution is 2.17. The lowest BCUT2D eigenvalue weighted by Gasteiger charge is -2.10. The first kappa shape index (κ1) is 11.4. The highest BCUT2D eigenvalue weighted by Gasteiger charge is 2.06. The molecule has 2 aromatic rings. The molecular weight excluding hydrogens is 216 g/mol. The predicted octanol–water partition coefficient (Wildman–Crippen LogP) is 1.17. The Morgan fingerprint density at radius 2 is 2.00 bits per heavy atom. The van der Waals surface area contributed by atoms with E-state index in [0.29, 0.717) is 6.54 Å². The molecule has 6 heteroatoms. The average Bonchev–Trinajstić information content (AvgIpc) is 2.74. The predicted molar refractivity (Wildman–Crippen MR) is 66.9 cm³/mol. The van der Waals surface area contributed by atoms with Crippen LogP contribution in [0.2, 0.25) is 0 Å². The van der Waals surface area contributed by atoms with Crippen molar-refractivity contribution in [2.24, 2.45) is 7.05 Å². The van der Waals surface area contributed by atoms with Crippen LogP contribution in [0.15, 0.2) is 18.7 Å². The van der Waals surface area contributed by atoms with Crippen LogP contribution in [0.4, 0.5) is 11.6 Å². The summed E-state index contributed by atoms with van der Waals surface area (Å²) in [4.78, 5) is 12.6. The monoisotopic (exact) mass is 232 g/mol. The van der Waals surface area contributed by atoms with E-state index in [9.17, 15) is 0 Å². The minimum atomic E-state index is 0.643. The fraction of sp³-hybridized carbons (Fsp3) is 0.364. The molecule has 2 N–H and O–H groups in total. The molecule has 0 radical (unpaired) electrons. The lowest BCUT2D eigenvalue weighted by molar-refractivity contribution is 0.810. The maximum absolute atomic E-state index is 4.24. The van der Waals surface area contributed by atoms with E-state index in [4.69, 9.17) is 0 Å². The molecule has 0 fully saturated rings. The van der Waals surface area contributed by atoms with E-state index in [-0.39, 0.29) is 0 Å². The van der Waals surface area contributed by atoms with Gasteiger partial charge in [-0.2, -0.15) is 0 Å². The maximum Gasteiger partial charge on any atom is 0.134 e. The molecule has 0 saturated heterocycles. The lowest BCUT2D eigenvalue weighted by Crippen LogP contribution is -2.09. The molecule has 0 aliphatic carbocycles. The van der Waals surface area contributed by atoms with E-state index in [2.05, 4.69) is 25.6 Å². The third-order valence-electron chi connectivity index (χ3n) is 2.66. The third-order valence-corrected chi connectivity index (χ3v) is 2.66. The summed E-state index contributed by atoms with van der Waals surface area (Å²) in [7, 11) is 3.81. The summed E-state index contributed by atoms with van der Waals surface area (Å²) in [6, 6.07) is 0. The summed E-state index contributed by atoms with van der Waals surface area (Å²) in [5.74, 6) is 2.63. The van der Waals surface area contributed by atoms with Crippen molar-refractivity contribution >= 4 is 11.6 Å². The van der Waals surface area contributed by atoms with E-state index in [1.165, 1.54) is 0 Å². The first-order valence-electron chi connectivity index (χ1n) is 5.41. The number of rotatable bonds is 4. The van der Waals surface area contributed by atoms with Gasteiger partial charge in [-0.1, -0.05) is 0 Å². The minimum absolute atomic E-state index is 0.643. The Balaban J connectivity index is 2.12. The number of aryl methyl sites for hydroxylation is 1. The molecule has 0 aliphatic rings. The summed E-state index contributed by atoms with van der Waals surface area (Å²) < 4.78 is 1.97. The van der Waals surface area contributed by atoms with Gasteiger partial charge in [0.15, 0.2) is 0 Å². The van der Waals surface area contributed by atoms with Crippen molar-refractivity contribution < 1.29 is 0 Å². The molecule has 0 spiro atoms. The number of nitrogens with one attached hydrogen (secondary N) is 2. The topological polar surface area (TPSA) is 67.7 Å². The maximum atomic E-state index is 4.24. The van der Waals surface area contributed by atoms with Crippen molar-refractivity contribution in [3.8, 4) is 0 Å². The van der Waals surface area contributed by atoms with Crippen molar-refractivity contribution in [1.82, 2.24) is 19.5 Å². The molecule has 0 aromatic carbocycles. The molecular formula is C11H16N6. The van der Waals surface area contributed by atoms with Gasteiger partial charge in [-0.3, -0.25) is 0 Å². The van der Waals surface area contributed by atoms with Crippen molar-refractivity contribution in [3.63, 3.8) is 0 Å². The first-order chi connectivity index (χ1) is 8.22. The molecule has 0 amide bonds. The molecule has 17 heavy (non-hydrogen) atoms. The van der Waals surface area contributed by atoms with Crippen LogP contribution in [0.1, 0.15) is 11.4 Å². The van der Waals surface area contributed by atoms with Gasteiger partial charge in [-0.15, -0.1) is 0 Å². The van der Waals surface area contributed by atoms with Crippen LogP contribution >= 0.6 is 0 Å². The van der Waals surface area contributed by atoms with Gasteiger partial charge in [-0.25, -0.2) is 15.0 Å². The Morgan fingerprint density at radius 3 is 2.65 bits per heavy atom.